The number of nitrogens with zero attached hydrogens (tertiary/aromatic N) is 2. The van der Waals surface area contributed by atoms with E-state index in [0.29, 0.717) is 11.3 Å². The molecule has 0 saturated carbocycles. The van der Waals surface area contributed by atoms with Gasteiger partial charge in [-0.25, -0.2) is 9.07 Å². The number of carbonyl (C=O) groups excluding carboxylic acids is 1. The Morgan fingerprint density at radius 2 is 1.83 bits per heavy atom. The van der Waals surface area contributed by atoms with E-state index in [2.05, 4.69) is 10.4 Å². The van der Waals surface area contributed by atoms with Crippen LogP contribution in [0.4, 0.5) is 4.39 Å². The van der Waals surface area contributed by atoms with Crippen molar-refractivity contribution in [3.05, 3.63) is 52.6 Å². The lowest BCUT2D eigenvalue weighted by Gasteiger charge is -2.15. The molecule has 0 spiro atoms. The zero-order chi connectivity index (χ0) is 16.8. The van der Waals surface area contributed by atoms with Crippen LogP contribution in [0, 0.1) is 5.82 Å². The molecule has 0 fully saturated rings. The van der Waals surface area contributed by atoms with E-state index >= 15 is 0 Å². The summed E-state index contributed by atoms with van der Waals surface area (Å²) < 4.78 is 14.1. The quantitative estimate of drug-likeness (QED) is 0.889. The summed E-state index contributed by atoms with van der Waals surface area (Å²) in [6.45, 7) is 3.85. The third kappa shape index (κ3) is 4.48. The highest BCUT2D eigenvalue weighted by Gasteiger charge is 2.11. The van der Waals surface area contributed by atoms with Crippen molar-refractivity contribution in [2.75, 3.05) is 0 Å². The normalized spacial score (nSPS) is 10.8. The molecule has 0 aliphatic rings. The van der Waals surface area contributed by atoms with Crippen LogP contribution in [0.3, 0.4) is 0 Å². The van der Waals surface area contributed by atoms with Crippen LogP contribution >= 0.6 is 0 Å². The van der Waals surface area contributed by atoms with Crippen LogP contribution in [0.1, 0.15) is 26.7 Å². The van der Waals surface area contributed by atoms with E-state index in [9.17, 15) is 14.0 Å². The van der Waals surface area contributed by atoms with Gasteiger partial charge in [0.1, 0.15) is 12.4 Å². The van der Waals surface area contributed by atoms with Gasteiger partial charge in [0, 0.05) is 17.7 Å². The molecule has 1 heterocycles. The largest absolute Gasteiger partial charge is 0.352 e. The summed E-state index contributed by atoms with van der Waals surface area (Å²) in [6.07, 6.45) is 1.67. The van der Waals surface area contributed by atoms with Gasteiger partial charge < -0.3 is 5.32 Å². The topological polar surface area (TPSA) is 64.0 Å². The summed E-state index contributed by atoms with van der Waals surface area (Å²) in [5.74, 6) is -0.587. The number of rotatable bonds is 6. The zero-order valence-corrected chi connectivity index (χ0v) is 13.3. The van der Waals surface area contributed by atoms with Gasteiger partial charge in [-0.1, -0.05) is 13.8 Å². The van der Waals surface area contributed by atoms with Crippen LogP contribution in [-0.2, 0) is 11.3 Å². The third-order valence-electron chi connectivity index (χ3n) is 3.65. The predicted octanol–water partition coefficient (Wildman–Crippen LogP) is 2.35. The summed E-state index contributed by atoms with van der Waals surface area (Å²) in [4.78, 5) is 23.9. The molecule has 23 heavy (non-hydrogen) atoms. The van der Waals surface area contributed by atoms with E-state index in [0.717, 1.165) is 17.5 Å². The Labute approximate surface area is 134 Å². The summed E-state index contributed by atoms with van der Waals surface area (Å²) in [6, 6.07) is 8.82. The van der Waals surface area contributed by atoms with Gasteiger partial charge in [-0.3, -0.25) is 9.59 Å². The Morgan fingerprint density at radius 3 is 2.43 bits per heavy atom. The molecule has 6 heteroatoms. The van der Waals surface area contributed by atoms with Crippen molar-refractivity contribution in [3.8, 4) is 11.3 Å². The van der Waals surface area contributed by atoms with Gasteiger partial charge >= 0.3 is 0 Å². The predicted molar refractivity (Wildman–Crippen MR) is 86.4 cm³/mol. The monoisotopic (exact) mass is 317 g/mol. The number of benzene rings is 1. The maximum absolute atomic E-state index is 13.0. The van der Waals surface area contributed by atoms with E-state index in [1.54, 1.807) is 18.2 Å². The van der Waals surface area contributed by atoms with Gasteiger partial charge in [0.15, 0.2) is 0 Å². The first-order chi connectivity index (χ1) is 11.0. The number of nitrogens with one attached hydrogen (secondary N) is 1. The van der Waals surface area contributed by atoms with Crippen molar-refractivity contribution >= 4 is 5.91 Å². The first-order valence-electron chi connectivity index (χ1n) is 7.67. The van der Waals surface area contributed by atoms with Crippen molar-refractivity contribution in [3.63, 3.8) is 0 Å². The van der Waals surface area contributed by atoms with Crippen molar-refractivity contribution in [1.29, 1.82) is 0 Å². The lowest BCUT2D eigenvalue weighted by atomic mass is 10.1. The number of hydrogen-bond acceptors (Lipinski definition) is 3. The van der Waals surface area contributed by atoms with E-state index in [-0.39, 0.29) is 29.9 Å². The summed E-state index contributed by atoms with van der Waals surface area (Å²) in [5, 5.41) is 7.06. The fourth-order valence-corrected chi connectivity index (χ4v) is 2.24. The standard InChI is InChI=1S/C17H20FN3O2/c1-3-14(4-2)19-16(22)11-21-17(23)10-9-15(20-21)12-5-7-13(18)8-6-12/h5-10,14H,3-4,11H2,1-2H3,(H,19,22). The van der Waals surface area contributed by atoms with E-state index in [1.165, 1.54) is 18.2 Å². The Bertz CT molecular complexity index is 721. The van der Waals surface area contributed by atoms with Crippen LogP contribution in [-0.4, -0.2) is 21.7 Å². The molecule has 122 valence electrons. The van der Waals surface area contributed by atoms with Crippen molar-refractivity contribution < 1.29 is 9.18 Å². The highest BCUT2D eigenvalue weighted by Crippen LogP contribution is 2.15. The van der Waals surface area contributed by atoms with Gasteiger partial charge in [0.25, 0.3) is 5.56 Å². The number of amides is 1. The van der Waals surface area contributed by atoms with Gasteiger partial charge in [0.05, 0.1) is 5.69 Å². The van der Waals surface area contributed by atoms with Gasteiger partial charge in [0.2, 0.25) is 5.91 Å². The minimum atomic E-state index is -0.351. The maximum atomic E-state index is 13.0. The molecule has 2 aromatic rings. The second kappa shape index (κ2) is 7.67. The number of halogens is 1. The fourth-order valence-electron chi connectivity index (χ4n) is 2.24. The van der Waals surface area contributed by atoms with Crippen molar-refractivity contribution in [2.24, 2.45) is 0 Å². The van der Waals surface area contributed by atoms with E-state index in [4.69, 9.17) is 0 Å². The molecule has 0 unspecified atom stereocenters. The maximum Gasteiger partial charge on any atom is 0.267 e. The highest BCUT2D eigenvalue weighted by molar-refractivity contribution is 5.76. The average molecular weight is 317 g/mol. The van der Waals surface area contributed by atoms with Crippen LogP contribution in [0.5, 0.6) is 0 Å². The van der Waals surface area contributed by atoms with Gasteiger partial charge in [-0.15, -0.1) is 0 Å². The number of carbonyl (C=O) groups is 1. The molecule has 1 N–H and O–H groups in total. The molecular weight excluding hydrogens is 297 g/mol. The van der Waals surface area contributed by atoms with Gasteiger partial charge in [-0.2, -0.15) is 5.10 Å². The van der Waals surface area contributed by atoms with Crippen LogP contribution in [0.2, 0.25) is 0 Å². The van der Waals surface area contributed by atoms with Crippen LogP contribution in [0.25, 0.3) is 11.3 Å². The Morgan fingerprint density at radius 1 is 1.17 bits per heavy atom. The fraction of sp³-hybridized carbons (Fsp3) is 0.353. The first kappa shape index (κ1) is 16.9. The molecule has 0 aliphatic carbocycles. The zero-order valence-electron chi connectivity index (χ0n) is 13.3. The third-order valence-corrected chi connectivity index (χ3v) is 3.65. The summed E-state index contributed by atoms with van der Waals surface area (Å²) >= 11 is 0. The molecule has 0 atom stereocenters. The Balaban J connectivity index is 2.19. The molecular formula is C17H20FN3O2. The Hall–Kier alpha value is -2.50. The smallest absolute Gasteiger partial charge is 0.267 e. The molecule has 2 rings (SSSR count). The summed E-state index contributed by atoms with van der Waals surface area (Å²) in [7, 11) is 0. The van der Waals surface area contributed by atoms with Crippen LogP contribution in [0.15, 0.2) is 41.2 Å². The number of hydrogen-bond donors (Lipinski definition) is 1. The number of aromatic nitrogens is 2. The minimum absolute atomic E-state index is 0.0958. The first-order valence-corrected chi connectivity index (χ1v) is 7.67. The molecule has 1 amide bonds. The van der Waals surface area contributed by atoms with Gasteiger partial charge in [-0.05, 0) is 43.2 Å². The van der Waals surface area contributed by atoms with E-state index < -0.39 is 0 Å². The summed E-state index contributed by atoms with van der Waals surface area (Å²) in [5.41, 5.74) is 0.844. The second-order valence-electron chi connectivity index (χ2n) is 5.30. The average Bonchev–Trinajstić information content (AvgIpc) is 2.55. The molecule has 0 bridgehead atoms. The SMILES string of the molecule is CCC(CC)NC(=O)Cn1nc(-c2ccc(F)cc2)ccc1=O. The molecule has 0 aliphatic heterocycles. The lowest BCUT2D eigenvalue weighted by molar-refractivity contribution is -0.122. The van der Waals surface area contributed by atoms with Crippen LogP contribution < -0.4 is 10.9 Å². The highest BCUT2D eigenvalue weighted by atomic mass is 19.1. The minimum Gasteiger partial charge on any atom is -0.352 e. The Kier molecular flexibility index (Phi) is 5.62. The van der Waals surface area contributed by atoms with Crippen molar-refractivity contribution in [1.82, 2.24) is 15.1 Å². The molecule has 0 saturated heterocycles. The molecule has 1 aromatic carbocycles. The van der Waals surface area contributed by atoms with E-state index in [1.807, 2.05) is 13.8 Å². The lowest BCUT2D eigenvalue weighted by Crippen LogP contribution is -2.38. The second-order valence-corrected chi connectivity index (χ2v) is 5.30. The molecule has 5 nitrogen and oxygen atoms in total. The molecule has 0 radical (unpaired) electrons. The molecule has 1 aromatic heterocycles. The van der Waals surface area contributed by atoms with Crippen molar-refractivity contribution in [2.45, 2.75) is 39.3 Å².